The van der Waals surface area contributed by atoms with Crippen molar-refractivity contribution in [2.24, 2.45) is 0 Å². The van der Waals surface area contributed by atoms with E-state index in [4.69, 9.17) is 0 Å². The number of likely N-dealkylation sites (N-methyl/N-ethyl adjacent to an activating group) is 1. The Morgan fingerprint density at radius 3 is 2.24 bits per heavy atom. The average Bonchev–Trinajstić information content (AvgIpc) is 2.61. The molecule has 0 saturated heterocycles. The molecule has 2 amide bonds. The number of carbonyl (C=O) groups excluding carboxylic acids is 2. The van der Waals surface area contributed by atoms with Crippen LogP contribution in [0.1, 0.15) is 35.3 Å². The molecule has 0 fully saturated rings. The molecule has 0 spiro atoms. The SMILES string of the molecule is CNC(=O)c1ccc(CN(C)C(=O)C(C)(C)c2ccccc2F)cc1. The molecule has 0 radical (unpaired) electrons. The van der Waals surface area contributed by atoms with E-state index in [1.807, 2.05) is 12.1 Å². The molecular weight excluding hydrogens is 319 g/mol. The maximum atomic E-state index is 14.1. The summed E-state index contributed by atoms with van der Waals surface area (Å²) in [5.74, 6) is -0.714. The zero-order valence-corrected chi connectivity index (χ0v) is 15.0. The fraction of sp³-hybridized carbons (Fsp3) is 0.300. The van der Waals surface area contributed by atoms with Crippen LogP contribution < -0.4 is 5.32 Å². The van der Waals surface area contributed by atoms with Gasteiger partial charge in [-0.15, -0.1) is 0 Å². The second-order valence-electron chi connectivity index (χ2n) is 6.54. The van der Waals surface area contributed by atoms with Crippen LogP contribution in [0.5, 0.6) is 0 Å². The highest BCUT2D eigenvalue weighted by Crippen LogP contribution is 2.28. The standard InChI is InChI=1S/C20H23FN2O2/c1-20(2,16-7-5-6-8-17(16)21)19(25)23(4)13-14-9-11-15(12-10-14)18(24)22-3/h5-12H,13H2,1-4H3,(H,22,24). The lowest BCUT2D eigenvalue weighted by molar-refractivity contribution is -0.135. The van der Waals surface area contributed by atoms with Crippen LogP contribution in [0.4, 0.5) is 4.39 Å². The number of amides is 2. The molecule has 0 aromatic heterocycles. The molecule has 0 saturated carbocycles. The van der Waals surface area contributed by atoms with Gasteiger partial charge < -0.3 is 10.2 Å². The molecule has 5 heteroatoms. The summed E-state index contributed by atoms with van der Waals surface area (Å²) in [6.45, 7) is 3.82. The number of nitrogens with zero attached hydrogens (tertiary/aromatic N) is 1. The summed E-state index contributed by atoms with van der Waals surface area (Å²) >= 11 is 0. The van der Waals surface area contributed by atoms with Gasteiger partial charge in [-0.25, -0.2) is 4.39 Å². The minimum absolute atomic E-state index is 0.156. The van der Waals surface area contributed by atoms with Gasteiger partial charge in [0.05, 0.1) is 5.41 Å². The lowest BCUT2D eigenvalue weighted by atomic mass is 9.83. The molecule has 0 atom stereocenters. The van der Waals surface area contributed by atoms with Gasteiger partial charge in [-0.1, -0.05) is 30.3 Å². The summed E-state index contributed by atoms with van der Waals surface area (Å²) in [6, 6.07) is 13.4. The van der Waals surface area contributed by atoms with Gasteiger partial charge in [0.1, 0.15) is 5.82 Å². The predicted molar refractivity (Wildman–Crippen MR) is 95.7 cm³/mol. The van der Waals surface area contributed by atoms with Crippen LogP contribution in [-0.4, -0.2) is 30.8 Å². The van der Waals surface area contributed by atoms with Gasteiger partial charge in [-0.2, -0.15) is 0 Å². The van der Waals surface area contributed by atoms with E-state index in [-0.39, 0.29) is 17.6 Å². The Balaban J connectivity index is 2.14. The third-order valence-electron chi connectivity index (χ3n) is 4.29. The first-order valence-electron chi connectivity index (χ1n) is 8.09. The maximum Gasteiger partial charge on any atom is 0.251 e. The fourth-order valence-corrected chi connectivity index (χ4v) is 2.81. The smallest absolute Gasteiger partial charge is 0.251 e. The van der Waals surface area contributed by atoms with Gasteiger partial charge >= 0.3 is 0 Å². The van der Waals surface area contributed by atoms with Gasteiger partial charge in [-0.05, 0) is 37.6 Å². The molecule has 2 aromatic rings. The molecule has 132 valence electrons. The number of carbonyl (C=O) groups is 2. The molecule has 0 aliphatic rings. The van der Waals surface area contributed by atoms with Crippen molar-refractivity contribution >= 4 is 11.8 Å². The van der Waals surface area contributed by atoms with Crippen molar-refractivity contribution in [1.82, 2.24) is 10.2 Å². The van der Waals surface area contributed by atoms with Gasteiger partial charge in [0, 0.05) is 31.8 Å². The second-order valence-corrected chi connectivity index (χ2v) is 6.54. The highest BCUT2D eigenvalue weighted by molar-refractivity contribution is 5.94. The predicted octanol–water partition coefficient (Wildman–Crippen LogP) is 3.12. The second kappa shape index (κ2) is 7.47. The van der Waals surface area contributed by atoms with Crippen molar-refractivity contribution in [1.29, 1.82) is 0 Å². The molecule has 25 heavy (non-hydrogen) atoms. The molecule has 1 N–H and O–H groups in total. The molecule has 0 aliphatic carbocycles. The van der Waals surface area contributed by atoms with Gasteiger partial charge in [0.25, 0.3) is 5.91 Å². The number of nitrogens with one attached hydrogen (secondary N) is 1. The monoisotopic (exact) mass is 342 g/mol. The number of benzene rings is 2. The minimum atomic E-state index is -0.970. The number of hydrogen-bond donors (Lipinski definition) is 1. The summed E-state index contributed by atoms with van der Waals surface area (Å²) < 4.78 is 14.1. The van der Waals surface area contributed by atoms with Crippen molar-refractivity contribution in [3.63, 3.8) is 0 Å². The Bertz CT molecular complexity index is 770. The summed E-state index contributed by atoms with van der Waals surface area (Å²) in [5.41, 5.74) is 0.865. The quantitative estimate of drug-likeness (QED) is 0.908. The molecule has 0 heterocycles. The van der Waals surface area contributed by atoms with E-state index in [0.29, 0.717) is 17.7 Å². The van der Waals surface area contributed by atoms with E-state index in [9.17, 15) is 14.0 Å². The number of hydrogen-bond acceptors (Lipinski definition) is 2. The lowest BCUT2D eigenvalue weighted by Crippen LogP contribution is -2.41. The maximum absolute atomic E-state index is 14.1. The summed E-state index contributed by atoms with van der Waals surface area (Å²) in [7, 11) is 3.27. The first-order chi connectivity index (χ1) is 11.8. The highest BCUT2D eigenvalue weighted by atomic mass is 19.1. The van der Waals surface area contributed by atoms with Gasteiger partial charge in [-0.3, -0.25) is 9.59 Å². The summed E-state index contributed by atoms with van der Waals surface area (Å²) in [6.07, 6.45) is 0. The molecule has 0 bridgehead atoms. The Morgan fingerprint density at radius 1 is 1.08 bits per heavy atom. The van der Waals surface area contributed by atoms with Crippen molar-refractivity contribution < 1.29 is 14.0 Å². The first-order valence-corrected chi connectivity index (χ1v) is 8.09. The van der Waals surface area contributed by atoms with Crippen LogP contribution >= 0.6 is 0 Å². The van der Waals surface area contributed by atoms with E-state index in [1.165, 1.54) is 6.07 Å². The average molecular weight is 342 g/mol. The van der Waals surface area contributed by atoms with Crippen molar-refractivity contribution in [2.75, 3.05) is 14.1 Å². The zero-order chi connectivity index (χ0) is 18.6. The third kappa shape index (κ3) is 4.05. The van der Waals surface area contributed by atoms with E-state index in [2.05, 4.69) is 5.32 Å². The normalized spacial score (nSPS) is 11.1. The molecule has 2 aromatic carbocycles. The van der Waals surface area contributed by atoms with Crippen molar-refractivity contribution in [3.8, 4) is 0 Å². The van der Waals surface area contributed by atoms with Crippen LogP contribution in [0.3, 0.4) is 0 Å². The van der Waals surface area contributed by atoms with Crippen LogP contribution in [-0.2, 0) is 16.8 Å². The highest BCUT2D eigenvalue weighted by Gasteiger charge is 2.34. The minimum Gasteiger partial charge on any atom is -0.355 e. The Hall–Kier alpha value is -2.69. The lowest BCUT2D eigenvalue weighted by Gasteiger charge is -2.30. The van der Waals surface area contributed by atoms with E-state index in [1.54, 1.807) is 63.2 Å². The topological polar surface area (TPSA) is 49.4 Å². The fourth-order valence-electron chi connectivity index (χ4n) is 2.81. The van der Waals surface area contributed by atoms with Gasteiger partial charge in [0.2, 0.25) is 5.91 Å². The molecule has 0 aliphatic heterocycles. The zero-order valence-electron chi connectivity index (χ0n) is 15.0. The molecule has 2 rings (SSSR count). The van der Waals surface area contributed by atoms with E-state index in [0.717, 1.165) is 5.56 Å². The Morgan fingerprint density at radius 2 is 1.68 bits per heavy atom. The number of halogens is 1. The van der Waals surface area contributed by atoms with E-state index >= 15 is 0 Å². The van der Waals surface area contributed by atoms with Crippen LogP contribution in [0.25, 0.3) is 0 Å². The Labute approximate surface area is 147 Å². The molecular formula is C20H23FN2O2. The molecule has 4 nitrogen and oxygen atoms in total. The van der Waals surface area contributed by atoms with Crippen molar-refractivity contribution in [3.05, 3.63) is 71.0 Å². The third-order valence-corrected chi connectivity index (χ3v) is 4.29. The Kier molecular flexibility index (Phi) is 5.57. The van der Waals surface area contributed by atoms with Crippen molar-refractivity contribution in [2.45, 2.75) is 25.8 Å². The van der Waals surface area contributed by atoms with Crippen LogP contribution in [0.2, 0.25) is 0 Å². The summed E-state index contributed by atoms with van der Waals surface area (Å²) in [5, 5.41) is 2.56. The van der Waals surface area contributed by atoms with Crippen LogP contribution in [0.15, 0.2) is 48.5 Å². The van der Waals surface area contributed by atoms with Gasteiger partial charge in [0.15, 0.2) is 0 Å². The van der Waals surface area contributed by atoms with E-state index < -0.39 is 5.41 Å². The first kappa shape index (κ1) is 18.6. The van der Waals surface area contributed by atoms with Crippen LogP contribution in [0, 0.1) is 5.82 Å². The molecule has 0 unspecified atom stereocenters. The number of rotatable bonds is 5. The largest absolute Gasteiger partial charge is 0.355 e. The summed E-state index contributed by atoms with van der Waals surface area (Å²) in [4.78, 5) is 26.0.